The van der Waals surface area contributed by atoms with Gasteiger partial charge in [0.2, 0.25) is 0 Å². The molecular weight excluding hydrogens is 446 g/mol. The number of anilines is 1. The van der Waals surface area contributed by atoms with E-state index >= 15 is 0 Å². The molecular formula is C25H25N7O3. The summed E-state index contributed by atoms with van der Waals surface area (Å²) >= 11 is 0. The fourth-order valence-electron chi connectivity index (χ4n) is 4.68. The number of piperidine rings is 1. The fraction of sp³-hybridized carbons (Fsp3) is 0.280. The van der Waals surface area contributed by atoms with Crippen molar-refractivity contribution in [3.05, 3.63) is 76.5 Å². The van der Waals surface area contributed by atoms with E-state index < -0.39 is 4.92 Å². The molecule has 178 valence electrons. The minimum absolute atomic E-state index is 0.0275. The van der Waals surface area contributed by atoms with Crippen molar-refractivity contribution in [2.45, 2.75) is 18.9 Å². The maximum absolute atomic E-state index is 12.9. The van der Waals surface area contributed by atoms with Gasteiger partial charge >= 0.3 is 0 Å². The third-order valence-corrected chi connectivity index (χ3v) is 6.69. The molecule has 10 heteroatoms. The number of nitro groups is 1. The average Bonchev–Trinajstić information content (AvgIpc) is 3.32. The van der Waals surface area contributed by atoms with E-state index in [4.69, 9.17) is 0 Å². The van der Waals surface area contributed by atoms with E-state index in [1.165, 1.54) is 24.3 Å². The summed E-state index contributed by atoms with van der Waals surface area (Å²) < 4.78 is 1.79. The summed E-state index contributed by atoms with van der Waals surface area (Å²) in [5.74, 6) is 0.707. The molecule has 35 heavy (non-hydrogen) atoms. The standard InChI is InChI=1S/C25H25N7O3/c1-29(25(33)17-7-9-19(10-8-17)32(34)35)18-12-15-31(16-13-18)24-21-6-4-3-5-20(21)23(27-28-24)22-11-14-26-30(22)2/h3-11,14,18H,12-13,15-16H2,1-2H3. The van der Waals surface area contributed by atoms with Gasteiger partial charge in [0.25, 0.3) is 11.6 Å². The Balaban J connectivity index is 1.32. The smallest absolute Gasteiger partial charge is 0.269 e. The van der Waals surface area contributed by atoms with E-state index in [2.05, 4.69) is 32.3 Å². The molecule has 0 radical (unpaired) electrons. The van der Waals surface area contributed by atoms with Crippen LogP contribution in [-0.4, -0.2) is 61.9 Å². The normalized spacial score (nSPS) is 14.3. The predicted molar refractivity (Wildman–Crippen MR) is 132 cm³/mol. The number of rotatable bonds is 5. The van der Waals surface area contributed by atoms with Crippen LogP contribution >= 0.6 is 0 Å². The number of aryl methyl sites for hydroxylation is 1. The van der Waals surface area contributed by atoms with Crippen molar-refractivity contribution in [1.82, 2.24) is 24.9 Å². The lowest BCUT2D eigenvalue weighted by molar-refractivity contribution is -0.384. The van der Waals surface area contributed by atoms with E-state index in [1.54, 1.807) is 22.8 Å². The minimum Gasteiger partial charge on any atom is -0.354 e. The topological polar surface area (TPSA) is 110 Å². The van der Waals surface area contributed by atoms with Crippen molar-refractivity contribution in [2.24, 2.45) is 7.05 Å². The molecule has 1 aliphatic heterocycles. The number of amides is 1. The Morgan fingerprint density at radius 2 is 1.71 bits per heavy atom. The highest BCUT2D eigenvalue weighted by atomic mass is 16.6. The third-order valence-electron chi connectivity index (χ3n) is 6.69. The number of nitrogens with zero attached hydrogens (tertiary/aromatic N) is 7. The second-order valence-electron chi connectivity index (χ2n) is 8.70. The fourth-order valence-corrected chi connectivity index (χ4v) is 4.68. The number of hydrogen-bond acceptors (Lipinski definition) is 7. The zero-order valence-corrected chi connectivity index (χ0v) is 19.5. The molecule has 0 saturated carbocycles. The first-order valence-electron chi connectivity index (χ1n) is 11.4. The molecule has 1 amide bonds. The Kier molecular flexibility index (Phi) is 5.86. The minimum atomic E-state index is -0.469. The lowest BCUT2D eigenvalue weighted by atomic mass is 10.0. The zero-order chi connectivity index (χ0) is 24.5. The van der Waals surface area contributed by atoms with E-state index in [0.29, 0.717) is 5.56 Å². The van der Waals surface area contributed by atoms with Crippen LogP contribution in [0.4, 0.5) is 11.5 Å². The predicted octanol–water partition coefficient (Wildman–Crippen LogP) is 3.68. The number of hydrogen-bond donors (Lipinski definition) is 0. The summed E-state index contributed by atoms with van der Waals surface area (Å²) in [6.45, 7) is 1.48. The number of nitro benzene ring substituents is 1. The van der Waals surface area contributed by atoms with Crippen LogP contribution in [0.1, 0.15) is 23.2 Å². The molecule has 2 aromatic heterocycles. The lowest BCUT2D eigenvalue weighted by Crippen LogP contribution is -2.46. The van der Waals surface area contributed by atoms with Crippen LogP contribution < -0.4 is 4.90 Å². The molecule has 0 atom stereocenters. The molecule has 0 unspecified atom stereocenters. The summed E-state index contributed by atoms with van der Waals surface area (Å²) in [5, 5.41) is 26.4. The molecule has 3 heterocycles. The highest BCUT2D eigenvalue weighted by Crippen LogP contribution is 2.32. The van der Waals surface area contributed by atoms with Crippen molar-refractivity contribution in [3.63, 3.8) is 0 Å². The van der Waals surface area contributed by atoms with Gasteiger partial charge in [-0.3, -0.25) is 19.6 Å². The average molecular weight is 472 g/mol. The van der Waals surface area contributed by atoms with Gasteiger partial charge in [-0.15, -0.1) is 10.2 Å². The second kappa shape index (κ2) is 9.13. The van der Waals surface area contributed by atoms with Crippen molar-refractivity contribution in [3.8, 4) is 11.4 Å². The molecule has 4 aromatic rings. The van der Waals surface area contributed by atoms with Crippen LogP contribution in [0.3, 0.4) is 0 Å². The molecule has 5 rings (SSSR count). The lowest BCUT2D eigenvalue weighted by Gasteiger charge is -2.37. The van der Waals surface area contributed by atoms with E-state index in [9.17, 15) is 14.9 Å². The van der Waals surface area contributed by atoms with Gasteiger partial charge in [0.1, 0.15) is 5.69 Å². The van der Waals surface area contributed by atoms with Crippen molar-refractivity contribution in [2.75, 3.05) is 25.0 Å². The van der Waals surface area contributed by atoms with Crippen LogP contribution in [0.2, 0.25) is 0 Å². The summed E-state index contributed by atoms with van der Waals surface area (Å²) in [4.78, 5) is 27.3. The SMILES string of the molecule is CN(C(=O)c1ccc([N+](=O)[O-])cc1)C1CCN(c2nnc(-c3ccnn3C)c3ccccc23)CC1. The number of fused-ring (bicyclic) bond motifs is 1. The van der Waals surface area contributed by atoms with Gasteiger partial charge in [0, 0.05) is 67.9 Å². The quantitative estimate of drug-likeness (QED) is 0.322. The summed E-state index contributed by atoms with van der Waals surface area (Å²) in [6.07, 6.45) is 3.32. The van der Waals surface area contributed by atoms with Crippen molar-refractivity contribution >= 4 is 28.2 Å². The summed E-state index contributed by atoms with van der Waals surface area (Å²) in [5.41, 5.74) is 2.13. The summed E-state index contributed by atoms with van der Waals surface area (Å²) in [7, 11) is 3.68. The van der Waals surface area contributed by atoms with Crippen molar-refractivity contribution in [1.29, 1.82) is 0 Å². The van der Waals surface area contributed by atoms with Crippen LogP contribution in [0.15, 0.2) is 60.8 Å². The molecule has 0 N–H and O–H groups in total. The highest BCUT2D eigenvalue weighted by Gasteiger charge is 2.28. The van der Waals surface area contributed by atoms with E-state index in [0.717, 1.165) is 53.9 Å². The monoisotopic (exact) mass is 471 g/mol. The Labute approximate surface area is 201 Å². The Hall–Kier alpha value is -4.34. The molecule has 10 nitrogen and oxygen atoms in total. The Morgan fingerprint density at radius 3 is 2.34 bits per heavy atom. The van der Waals surface area contributed by atoms with Gasteiger partial charge in [-0.25, -0.2) is 0 Å². The van der Waals surface area contributed by atoms with Gasteiger partial charge in [-0.2, -0.15) is 5.10 Å². The second-order valence-corrected chi connectivity index (χ2v) is 8.70. The molecule has 1 saturated heterocycles. The van der Waals surface area contributed by atoms with E-state index in [-0.39, 0.29) is 17.6 Å². The molecule has 2 aromatic carbocycles. The number of non-ortho nitro benzene ring substituents is 1. The third kappa shape index (κ3) is 4.18. The molecule has 0 spiro atoms. The number of carbonyl (C=O) groups is 1. The van der Waals surface area contributed by atoms with Crippen molar-refractivity contribution < 1.29 is 9.72 Å². The number of aromatic nitrogens is 4. The number of carbonyl (C=O) groups excluding carboxylic acids is 1. The zero-order valence-electron chi connectivity index (χ0n) is 19.5. The molecule has 1 aliphatic rings. The maximum atomic E-state index is 12.9. The van der Waals surface area contributed by atoms with Gasteiger partial charge in [0.05, 0.1) is 10.6 Å². The molecule has 1 fully saturated rings. The Bertz CT molecular complexity index is 1390. The van der Waals surface area contributed by atoms with Crippen LogP contribution in [0.5, 0.6) is 0 Å². The first kappa shape index (κ1) is 22.5. The largest absolute Gasteiger partial charge is 0.354 e. The molecule has 0 bridgehead atoms. The summed E-state index contributed by atoms with van der Waals surface area (Å²) in [6, 6.07) is 15.9. The van der Waals surface area contributed by atoms with E-state index in [1.807, 2.05) is 25.2 Å². The number of benzene rings is 2. The highest BCUT2D eigenvalue weighted by molar-refractivity contribution is 6.00. The Morgan fingerprint density at radius 1 is 1.03 bits per heavy atom. The van der Waals surface area contributed by atoms with Gasteiger partial charge in [0.15, 0.2) is 5.82 Å². The maximum Gasteiger partial charge on any atom is 0.269 e. The van der Waals surface area contributed by atoms with Crippen LogP contribution in [-0.2, 0) is 7.05 Å². The van der Waals surface area contributed by atoms with Gasteiger partial charge in [-0.1, -0.05) is 24.3 Å². The first-order chi connectivity index (χ1) is 16.9. The van der Waals surface area contributed by atoms with Gasteiger partial charge in [-0.05, 0) is 31.0 Å². The van der Waals surface area contributed by atoms with Crippen LogP contribution in [0, 0.1) is 10.1 Å². The van der Waals surface area contributed by atoms with Gasteiger partial charge < -0.3 is 9.80 Å². The van der Waals surface area contributed by atoms with Crippen LogP contribution in [0.25, 0.3) is 22.2 Å². The first-order valence-corrected chi connectivity index (χ1v) is 11.4. The molecule has 0 aliphatic carbocycles.